The molecule has 1 aliphatic carbocycles. The maximum Gasteiger partial charge on any atom is 0.163 e. The van der Waals surface area contributed by atoms with E-state index >= 15 is 0 Å². The third-order valence-corrected chi connectivity index (χ3v) is 7.80. The van der Waals surface area contributed by atoms with Crippen LogP contribution in [0.3, 0.4) is 0 Å². The molecule has 0 radical (unpaired) electrons. The Morgan fingerprint density at radius 2 is 1.76 bits per heavy atom. The fourth-order valence-electron chi connectivity index (χ4n) is 4.79. The number of carbonyl (C=O) groups is 1. The summed E-state index contributed by atoms with van der Waals surface area (Å²) >= 11 is 1.78. The molecule has 5 rings (SSSR count). The van der Waals surface area contributed by atoms with Crippen LogP contribution >= 0.6 is 11.3 Å². The number of ether oxygens (including phenoxy) is 2. The highest BCUT2D eigenvalue weighted by Crippen LogP contribution is 2.46. The summed E-state index contributed by atoms with van der Waals surface area (Å²) in [5, 5.41) is 7.27. The molecule has 5 nitrogen and oxygen atoms in total. The molecule has 2 heterocycles. The van der Waals surface area contributed by atoms with Crippen molar-refractivity contribution in [2.75, 3.05) is 24.9 Å². The average molecular weight is 461 g/mol. The summed E-state index contributed by atoms with van der Waals surface area (Å²) in [6.07, 6.45) is 2.22. The summed E-state index contributed by atoms with van der Waals surface area (Å²) < 4.78 is 10.9. The summed E-state index contributed by atoms with van der Waals surface area (Å²) in [6, 6.07) is 18.3. The predicted octanol–water partition coefficient (Wildman–Crippen LogP) is 6.31. The number of thiophene rings is 1. The molecule has 1 aliphatic heterocycles. The molecule has 2 N–H and O–H groups in total. The molecule has 6 heteroatoms. The Labute approximate surface area is 198 Å². The molecular weight excluding hydrogens is 432 g/mol. The van der Waals surface area contributed by atoms with Crippen LogP contribution in [0.4, 0.5) is 11.4 Å². The van der Waals surface area contributed by atoms with E-state index in [4.69, 9.17) is 9.47 Å². The minimum Gasteiger partial charge on any atom is -0.493 e. The Balaban J connectivity index is 1.57. The molecule has 2 aliphatic rings. The van der Waals surface area contributed by atoms with Crippen LogP contribution < -0.4 is 20.1 Å². The highest BCUT2D eigenvalue weighted by Gasteiger charge is 2.36. The molecule has 3 aromatic rings. The molecule has 0 unspecified atom stereocenters. The van der Waals surface area contributed by atoms with E-state index in [-0.39, 0.29) is 17.7 Å². The number of Topliss-reactive ketones (excluding diaryl/α,β-unsaturated/α-hetero) is 1. The van der Waals surface area contributed by atoms with Crippen LogP contribution in [0.5, 0.6) is 11.5 Å². The van der Waals surface area contributed by atoms with Crippen molar-refractivity contribution in [1.82, 2.24) is 0 Å². The first-order valence-electron chi connectivity index (χ1n) is 11.3. The van der Waals surface area contributed by atoms with Gasteiger partial charge in [-0.15, -0.1) is 11.3 Å². The normalized spacial score (nSPS) is 19.7. The van der Waals surface area contributed by atoms with Crippen molar-refractivity contribution >= 4 is 28.5 Å². The number of fused-ring (bicyclic) bond motifs is 1. The first-order chi connectivity index (χ1) is 16.1. The van der Waals surface area contributed by atoms with E-state index in [0.717, 1.165) is 41.1 Å². The second-order valence-corrected chi connectivity index (χ2v) is 9.64. The highest BCUT2D eigenvalue weighted by atomic mass is 32.1. The third kappa shape index (κ3) is 4.00. The Hall–Kier alpha value is -3.25. The largest absolute Gasteiger partial charge is 0.493 e. The Morgan fingerprint density at radius 3 is 2.48 bits per heavy atom. The van der Waals surface area contributed by atoms with Gasteiger partial charge in [-0.05, 0) is 60.7 Å². The second kappa shape index (κ2) is 8.94. The number of para-hydroxylation sites is 2. The zero-order chi connectivity index (χ0) is 22.9. The van der Waals surface area contributed by atoms with Gasteiger partial charge in [0.15, 0.2) is 17.3 Å². The zero-order valence-electron chi connectivity index (χ0n) is 19.1. The molecule has 170 valence electrons. The van der Waals surface area contributed by atoms with Gasteiger partial charge in [-0.1, -0.05) is 25.1 Å². The van der Waals surface area contributed by atoms with Crippen molar-refractivity contribution in [1.29, 1.82) is 0 Å². The first kappa shape index (κ1) is 21.6. The number of hydrogen-bond acceptors (Lipinski definition) is 6. The number of allylic oxidation sites excluding steroid dienone is 1. The Bertz CT molecular complexity index is 1230. The van der Waals surface area contributed by atoms with Gasteiger partial charge in [-0.3, -0.25) is 4.79 Å². The van der Waals surface area contributed by atoms with E-state index < -0.39 is 0 Å². The lowest BCUT2D eigenvalue weighted by atomic mass is 9.79. The molecule has 33 heavy (non-hydrogen) atoms. The summed E-state index contributed by atoms with van der Waals surface area (Å²) in [7, 11) is 3.27. The van der Waals surface area contributed by atoms with Gasteiger partial charge in [-0.25, -0.2) is 0 Å². The quantitative estimate of drug-likeness (QED) is 0.467. The maximum absolute atomic E-state index is 13.7. The number of aryl methyl sites for hydroxylation is 1. The van der Waals surface area contributed by atoms with Crippen LogP contribution in [0.15, 0.2) is 65.9 Å². The maximum atomic E-state index is 13.7. The van der Waals surface area contributed by atoms with Crippen molar-refractivity contribution in [3.05, 3.63) is 81.2 Å². The molecule has 0 bridgehead atoms. The van der Waals surface area contributed by atoms with Crippen molar-refractivity contribution in [2.45, 2.75) is 38.1 Å². The molecule has 0 saturated carbocycles. The SMILES string of the molecule is CCc1ccc([C@H]2Nc3ccccc3NC3=C2C(=O)C[C@@H](c2ccc(OC)c(OC)c2)C3)s1. The zero-order valence-corrected chi connectivity index (χ0v) is 19.9. The molecule has 0 spiro atoms. The van der Waals surface area contributed by atoms with Crippen LogP contribution in [0.1, 0.15) is 47.0 Å². The number of ketones is 1. The van der Waals surface area contributed by atoms with Crippen molar-refractivity contribution in [3.63, 3.8) is 0 Å². The van der Waals surface area contributed by atoms with E-state index in [1.807, 2.05) is 30.3 Å². The Morgan fingerprint density at radius 1 is 0.970 bits per heavy atom. The number of rotatable bonds is 5. The molecular formula is C27H28N2O3S. The van der Waals surface area contributed by atoms with Gasteiger partial charge in [0.1, 0.15) is 0 Å². The van der Waals surface area contributed by atoms with Gasteiger partial charge in [0, 0.05) is 27.4 Å². The van der Waals surface area contributed by atoms with E-state index in [1.54, 1.807) is 25.6 Å². The monoisotopic (exact) mass is 460 g/mol. The van der Waals surface area contributed by atoms with Crippen molar-refractivity contribution < 1.29 is 14.3 Å². The smallest absolute Gasteiger partial charge is 0.163 e. The molecule has 0 saturated heterocycles. The summed E-state index contributed by atoms with van der Waals surface area (Å²) in [5.74, 6) is 1.63. The van der Waals surface area contributed by atoms with Gasteiger partial charge < -0.3 is 20.1 Å². The van der Waals surface area contributed by atoms with Crippen LogP contribution in [0, 0.1) is 0 Å². The van der Waals surface area contributed by atoms with Gasteiger partial charge >= 0.3 is 0 Å². The summed E-state index contributed by atoms with van der Waals surface area (Å²) in [5.41, 5.74) is 4.95. The number of benzene rings is 2. The molecule has 0 amide bonds. The fourth-order valence-corrected chi connectivity index (χ4v) is 5.80. The van der Waals surface area contributed by atoms with Gasteiger partial charge in [0.2, 0.25) is 0 Å². The van der Waals surface area contributed by atoms with Crippen molar-refractivity contribution in [2.24, 2.45) is 0 Å². The first-order valence-corrected chi connectivity index (χ1v) is 12.1. The van der Waals surface area contributed by atoms with E-state index in [1.165, 1.54) is 9.75 Å². The van der Waals surface area contributed by atoms with Crippen LogP contribution in [-0.4, -0.2) is 20.0 Å². The lowest BCUT2D eigenvalue weighted by molar-refractivity contribution is -0.116. The second-order valence-electron chi connectivity index (χ2n) is 8.44. The lowest BCUT2D eigenvalue weighted by Crippen LogP contribution is -2.26. The minimum absolute atomic E-state index is 0.0732. The fraction of sp³-hybridized carbons (Fsp3) is 0.296. The average Bonchev–Trinajstić information content (AvgIpc) is 3.25. The highest BCUT2D eigenvalue weighted by molar-refractivity contribution is 7.12. The number of anilines is 2. The van der Waals surface area contributed by atoms with Gasteiger partial charge in [-0.2, -0.15) is 0 Å². The van der Waals surface area contributed by atoms with Crippen LogP contribution in [-0.2, 0) is 11.2 Å². The summed E-state index contributed by atoms with van der Waals surface area (Å²) in [4.78, 5) is 16.2. The number of carbonyl (C=O) groups excluding carboxylic acids is 1. The number of hydrogen-bond donors (Lipinski definition) is 2. The number of nitrogens with one attached hydrogen (secondary N) is 2. The van der Waals surface area contributed by atoms with E-state index in [9.17, 15) is 4.79 Å². The van der Waals surface area contributed by atoms with Crippen LogP contribution in [0.25, 0.3) is 0 Å². The van der Waals surface area contributed by atoms with E-state index in [2.05, 4.69) is 41.8 Å². The molecule has 1 aromatic heterocycles. The summed E-state index contributed by atoms with van der Waals surface area (Å²) in [6.45, 7) is 2.16. The predicted molar refractivity (Wildman–Crippen MR) is 134 cm³/mol. The minimum atomic E-state index is -0.152. The molecule has 0 fully saturated rings. The van der Waals surface area contributed by atoms with Gasteiger partial charge in [0.05, 0.1) is 31.6 Å². The standard InChI is InChI=1S/C27H28N2O3S/c1-4-18-10-12-25(33-18)27-26-21(28-19-7-5-6-8-20(19)29-27)13-17(14-22(26)30)16-9-11-23(31-2)24(15-16)32-3/h5-12,15,17,27-29H,4,13-14H2,1-3H3/t17-,27+/m0/s1. The molecule has 2 aromatic carbocycles. The Kier molecular flexibility index (Phi) is 5.85. The number of methoxy groups -OCH3 is 2. The molecule has 2 atom stereocenters. The van der Waals surface area contributed by atoms with Gasteiger partial charge in [0.25, 0.3) is 0 Å². The van der Waals surface area contributed by atoms with Crippen molar-refractivity contribution in [3.8, 4) is 11.5 Å². The third-order valence-electron chi connectivity index (χ3n) is 6.50. The van der Waals surface area contributed by atoms with E-state index in [0.29, 0.717) is 17.9 Å². The van der Waals surface area contributed by atoms with Crippen LogP contribution in [0.2, 0.25) is 0 Å². The topological polar surface area (TPSA) is 59.6 Å². The lowest BCUT2D eigenvalue weighted by Gasteiger charge is -2.29.